The lowest BCUT2D eigenvalue weighted by molar-refractivity contribution is 0.0723. The Kier molecular flexibility index (Phi) is 6.80. The van der Waals surface area contributed by atoms with Crippen LogP contribution in [0.2, 0.25) is 0 Å². The average molecular weight is 402 g/mol. The van der Waals surface area contributed by atoms with Crippen molar-refractivity contribution in [1.29, 1.82) is 0 Å². The summed E-state index contributed by atoms with van der Waals surface area (Å²) in [6.45, 7) is 2.12. The average Bonchev–Trinajstić information content (AvgIpc) is 2.59. The van der Waals surface area contributed by atoms with Gasteiger partial charge in [0.2, 0.25) is 0 Å². The van der Waals surface area contributed by atoms with Gasteiger partial charge in [-0.2, -0.15) is 0 Å². The van der Waals surface area contributed by atoms with Gasteiger partial charge < -0.3 is 4.74 Å². The number of ether oxygens (including phenoxy) is 1. The third kappa shape index (κ3) is 4.51. The Morgan fingerprint density at radius 3 is 1.89 bits per heavy atom. The summed E-state index contributed by atoms with van der Waals surface area (Å²) in [5, 5.41) is 0. The second-order valence-electron chi connectivity index (χ2n) is 6.91. The van der Waals surface area contributed by atoms with Gasteiger partial charge in [0.15, 0.2) is 17.5 Å². The Hall–Kier alpha value is -2.44. The van der Waals surface area contributed by atoms with E-state index in [0.717, 1.165) is 37.8 Å². The zero-order chi connectivity index (χ0) is 19.7. The molecule has 154 valence electrons. The summed E-state index contributed by atoms with van der Waals surface area (Å²) in [6, 6.07) is 3.02. The van der Waals surface area contributed by atoms with Gasteiger partial charge in [-0.3, -0.25) is 0 Å². The largest absolute Gasteiger partial charge is 0.423 e. The third-order valence-electron chi connectivity index (χ3n) is 4.92. The highest BCUT2D eigenvalue weighted by Crippen LogP contribution is 2.36. The van der Waals surface area contributed by atoms with Crippen LogP contribution >= 0.6 is 0 Å². The van der Waals surface area contributed by atoms with Crippen LogP contribution in [-0.4, -0.2) is 5.97 Å². The number of carbonyl (C=O) groups excluding carboxylic acids is 1. The van der Waals surface area contributed by atoms with Crippen molar-refractivity contribution >= 4 is 5.97 Å². The fourth-order valence-corrected chi connectivity index (χ4v) is 3.37. The van der Waals surface area contributed by atoms with E-state index in [0.29, 0.717) is 23.6 Å². The number of esters is 1. The molecular formula is C21H23F5O2. The molecule has 1 aliphatic carbocycles. The first-order chi connectivity index (χ1) is 12.8. The van der Waals surface area contributed by atoms with E-state index in [-0.39, 0.29) is 14.8 Å². The van der Waals surface area contributed by atoms with Crippen molar-refractivity contribution in [3.05, 3.63) is 64.5 Å². The highest BCUT2D eigenvalue weighted by atomic mass is 19.2. The van der Waals surface area contributed by atoms with Crippen LogP contribution in [0.15, 0.2) is 24.3 Å². The summed E-state index contributed by atoms with van der Waals surface area (Å²) in [7, 11) is 0. The first kappa shape index (κ1) is 21.9. The first-order valence-corrected chi connectivity index (χ1v) is 8.62. The van der Waals surface area contributed by atoms with Gasteiger partial charge in [-0.1, -0.05) is 27.2 Å². The summed E-state index contributed by atoms with van der Waals surface area (Å²) in [5.41, 5.74) is -0.500. The summed E-state index contributed by atoms with van der Waals surface area (Å²) in [6.07, 6.45) is 3.52. The number of hydrogen-bond donors (Lipinski definition) is 0. The molecule has 1 saturated carbocycles. The predicted molar refractivity (Wildman–Crippen MR) is 96.9 cm³/mol. The van der Waals surface area contributed by atoms with Gasteiger partial charge in [-0.25, -0.2) is 26.7 Å². The molecule has 0 bridgehead atoms. The number of halogens is 5. The molecule has 0 saturated heterocycles. The molecule has 0 aromatic heterocycles. The molecule has 0 aliphatic heterocycles. The van der Waals surface area contributed by atoms with Gasteiger partial charge >= 0.3 is 5.97 Å². The Morgan fingerprint density at radius 1 is 0.893 bits per heavy atom. The molecule has 0 atom stereocenters. The summed E-state index contributed by atoms with van der Waals surface area (Å²) in [4.78, 5) is 12.1. The van der Waals surface area contributed by atoms with E-state index >= 15 is 0 Å². The van der Waals surface area contributed by atoms with E-state index in [1.165, 1.54) is 0 Å². The zero-order valence-electron chi connectivity index (χ0n) is 14.5. The van der Waals surface area contributed by atoms with Crippen molar-refractivity contribution < 1.29 is 32.9 Å². The van der Waals surface area contributed by atoms with E-state index in [1.54, 1.807) is 0 Å². The Bertz CT molecular complexity index is 833. The van der Waals surface area contributed by atoms with Crippen LogP contribution in [0.5, 0.6) is 5.75 Å². The maximum Gasteiger partial charge on any atom is 0.349 e. The molecule has 2 aromatic carbocycles. The van der Waals surface area contributed by atoms with Crippen molar-refractivity contribution in [2.45, 2.75) is 46.0 Å². The fourth-order valence-electron chi connectivity index (χ4n) is 3.37. The van der Waals surface area contributed by atoms with Crippen LogP contribution in [-0.2, 0) is 0 Å². The van der Waals surface area contributed by atoms with Crippen LogP contribution in [0, 0.1) is 35.0 Å². The topological polar surface area (TPSA) is 26.3 Å². The molecule has 0 heterocycles. The minimum absolute atomic E-state index is 0. The van der Waals surface area contributed by atoms with Gasteiger partial charge in [0.1, 0.15) is 22.9 Å². The second kappa shape index (κ2) is 8.71. The Morgan fingerprint density at radius 2 is 1.39 bits per heavy atom. The number of rotatable bonds is 3. The van der Waals surface area contributed by atoms with Gasteiger partial charge in [-0.05, 0) is 42.4 Å². The maximum absolute atomic E-state index is 14.4. The Labute approximate surface area is 161 Å². The molecule has 0 radical (unpaired) electrons. The number of hydrogen-bond acceptors (Lipinski definition) is 2. The third-order valence-corrected chi connectivity index (χ3v) is 4.92. The van der Waals surface area contributed by atoms with Crippen molar-refractivity contribution in [2.75, 3.05) is 0 Å². The molecule has 0 amide bonds. The molecule has 1 fully saturated rings. The lowest BCUT2D eigenvalue weighted by Crippen LogP contribution is -2.16. The van der Waals surface area contributed by atoms with E-state index in [2.05, 4.69) is 11.7 Å². The van der Waals surface area contributed by atoms with Crippen molar-refractivity contribution in [3.63, 3.8) is 0 Å². The van der Waals surface area contributed by atoms with E-state index in [1.807, 2.05) is 0 Å². The highest BCUT2D eigenvalue weighted by molar-refractivity contribution is 5.91. The molecule has 7 heteroatoms. The summed E-state index contributed by atoms with van der Waals surface area (Å²) < 4.78 is 72.7. The summed E-state index contributed by atoms with van der Waals surface area (Å²) >= 11 is 0. The van der Waals surface area contributed by atoms with Crippen molar-refractivity contribution in [3.8, 4) is 5.75 Å². The maximum atomic E-state index is 14.4. The summed E-state index contributed by atoms with van der Waals surface area (Å²) in [5.74, 6) is -8.70. The molecule has 28 heavy (non-hydrogen) atoms. The first-order valence-electron chi connectivity index (χ1n) is 8.62. The second-order valence-corrected chi connectivity index (χ2v) is 6.91. The monoisotopic (exact) mass is 402 g/mol. The van der Waals surface area contributed by atoms with Crippen molar-refractivity contribution in [2.24, 2.45) is 5.92 Å². The molecule has 0 N–H and O–H groups in total. The number of carbonyl (C=O) groups is 1. The minimum Gasteiger partial charge on any atom is -0.423 e. The van der Waals surface area contributed by atoms with E-state index in [9.17, 15) is 26.7 Å². The Balaban J connectivity index is 0.00000210. The molecule has 0 spiro atoms. The fraction of sp³-hybridized carbons (Fsp3) is 0.381. The molecular weight excluding hydrogens is 379 g/mol. The quantitative estimate of drug-likeness (QED) is 0.245. The van der Waals surface area contributed by atoms with Crippen LogP contribution in [0.3, 0.4) is 0 Å². The minimum atomic E-state index is -1.74. The van der Waals surface area contributed by atoms with Crippen LogP contribution in [0.4, 0.5) is 22.0 Å². The lowest BCUT2D eigenvalue weighted by Gasteiger charge is -2.26. The zero-order valence-corrected chi connectivity index (χ0v) is 14.5. The SMILES string of the molecule is C.CC1CCC(c2cc(F)c(C(=O)Oc3cc(F)c(F)c(F)c3)c(F)c2)CC1.[HH]. The van der Waals surface area contributed by atoms with Gasteiger partial charge in [0, 0.05) is 13.6 Å². The smallest absolute Gasteiger partial charge is 0.349 e. The standard InChI is InChI=1S/C20H17F5O2.CH4.H2/c1-10-2-4-11(5-3-10)12-6-14(21)18(15(22)7-12)20(26)27-13-8-16(23)19(25)17(24)9-13;;/h6-11H,2-5H2,1H3;1H4;1H. The van der Waals surface area contributed by atoms with Gasteiger partial charge in [0.05, 0.1) is 0 Å². The normalized spacial score (nSPS) is 19.1. The highest BCUT2D eigenvalue weighted by Gasteiger charge is 2.26. The number of benzene rings is 2. The van der Waals surface area contributed by atoms with Crippen LogP contribution in [0.25, 0.3) is 0 Å². The van der Waals surface area contributed by atoms with Gasteiger partial charge in [0.25, 0.3) is 0 Å². The van der Waals surface area contributed by atoms with Crippen LogP contribution < -0.4 is 4.74 Å². The predicted octanol–water partition coefficient (Wildman–Crippen LogP) is 6.78. The molecule has 2 nitrogen and oxygen atoms in total. The van der Waals surface area contributed by atoms with E-state index < -0.39 is 46.4 Å². The van der Waals surface area contributed by atoms with Gasteiger partial charge in [-0.15, -0.1) is 0 Å². The molecule has 0 unspecified atom stereocenters. The van der Waals surface area contributed by atoms with Crippen molar-refractivity contribution in [1.82, 2.24) is 0 Å². The lowest BCUT2D eigenvalue weighted by atomic mass is 9.79. The van der Waals surface area contributed by atoms with Crippen LogP contribution in [0.1, 0.15) is 63.3 Å². The van der Waals surface area contributed by atoms with E-state index in [4.69, 9.17) is 0 Å². The molecule has 3 rings (SSSR count). The molecule has 2 aromatic rings. The molecule has 1 aliphatic rings.